The third-order valence-corrected chi connectivity index (χ3v) is 4.81. The van der Waals surface area contributed by atoms with Crippen molar-refractivity contribution >= 4 is 50.1 Å². The highest BCUT2D eigenvalue weighted by Crippen LogP contribution is 2.38. The van der Waals surface area contributed by atoms with Crippen LogP contribution in [0.25, 0.3) is 0 Å². The first-order chi connectivity index (χ1) is 9.56. The van der Waals surface area contributed by atoms with Gasteiger partial charge in [-0.05, 0) is 64.0 Å². The van der Waals surface area contributed by atoms with Gasteiger partial charge in [-0.1, -0.05) is 22.0 Å². The Morgan fingerprint density at radius 1 is 1.05 bits per heavy atom. The Hall–Kier alpha value is -0.460. The molecular formula is C15H13BrClIO2. The number of benzene rings is 2. The summed E-state index contributed by atoms with van der Waals surface area (Å²) in [4.78, 5) is 0. The second-order valence-corrected chi connectivity index (χ2v) is 6.68. The van der Waals surface area contributed by atoms with Crippen LogP contribution < -0.4 is 9.47 Å². The van der Waals surface area contributed by atoms with Crippen LogP contribution in [0.4, 0.5) is 0 Å². The summed E-state index contributed by atoms with van der Waals surface area (Å²) in [6.45, 7) is 0. The van der Waals surface area contributed by atoms with Gasteiger partial charge in [0.15, 0.2) is 11.5 Å². The summed E-state index contributed by atoms with van der Waals surface area (Å²) in [6.07, 6.45) is 0. The normalized spacial score (nSPS) is 12.1. The smallest absolute Gasteiger partial charge is 0.161 e. The highest BCUT2D eigenvalue weighted by atomic mass is 127. The number of methoxy groups -OCH3 is 2. The van der Waals surface area contributed by atoms with Crippen LogP contribution in [0.5, 0.6) is 11.5 Å². The minimum absolute atomic E-state index is 0.251. The van der Waals surface area contributed by atoms with Crippen molar-refractivity contribution in [1.82, 2.24) is 0 Å². The van der Waals surface area contributed by atoms with Crippen LogP contribution in [0.1, 0.15) is 16.5 Å². The topological polar surface area (TPSA) is 18.5 Å². The van der Waals surface area contributed by atoms with Crippen molar-refractivity contribution in [1.29, 1.82) is 0 Å². The van der Waals surface area contributed by atoms with Crippen molar-refractivity contribution in [2.75, 3.05) is 14.2 Å². The zero-order valence-electron chi connectivity index (χ0n) is 11.0. The van der Waals surface area contributed by atoms with Crippen molar-refractivity contribution in [3.8, 4) is 11.5 Å². The van der Waals surface area contributed by atoms with E-state index < -0.39 is 0 Å². The zero-order chi connectivity index (χ0) is 14.7. The van der Waals surface area contributed by atoms with Crippen LogP contribution in [0, 0.1) is 3.57 Å². The third kappa shape index (κ3) is 3.40. The van der Waals surface area contributed by atoms with E-state index in [1.165, 1.54) is 0 Å². The minimum Gasteiger partial charge on any atom is -0.493 e. The van der Waals surface area contributed by atoms with Crippen molar-refractivity contribution in [3.05, 3.63) is 55.6 Å². The lowest BCUT2D eigenvalue weighted by atomic mass is 10.0. The monoisotopic (exact) mass is 466 g/mol. The lowest BCUT2D eigenvalue weighted by Gasteiger charge is -2.15. The second kappa shape index (κ2) is 7.00. The molecule has 0 spiro atoms. The molecule has 106 valence electrons. The molecule has 2 aromatic carbocycles. The molecule has 2 aromatic rings. The molecule has 20 heavy (non-hydrogen) atoms. The van der Waals surface area contributed by atoms with Crippen LogP contribution in [-0.2, 0) is 0 Å². The molecule has 0 aliphatic rings. The van der Waals surface area contributed by atoms with Crippen LogP contribution in [0.15, 0.2) is 40.9 Å². The van der Waals surface area contributed by atoms with E-state index in [0.717, 1.165) is 19.2 Å². The van der Waals surface area contributed by atoms with E-state index >= 15 is 0 Å². The first kappa shape index (κ1) is 15.9. The number of hydrogen-bond acceptors (Lipinski definition) is 2. The quantitative estimate of drug-likeness (QED) is 0.443. The molecule has 0 N–H and O–H groups in total. The van der Waals surface area contributed by atoms with E-state index in [1.807, 2.05) is 30.3 Å². The van der Waals surface area contributed by atoms with Gasteiger partial charge in [0.1, 0.15) is 0 Å². The molecule has 0 saturated heterocycles. The van der Waals surface area contributed by atoms with Gasteiger partial charge in [0, 0.05) is 8.04 Å². The summed E-state index contributed by atoms with van der Waals surface area (Å²) in [5.41, 5.74) is 2.00. The van der Waals surface area contributed by atoms with Gasteiger partial charge in [-0.3, -0.25) is 0 Å². The zero-order valence-corrected chi connectivity index (χ0v) is 15.5. The molecule has 0 bridgehead atoms. The number of rotatable bonds is 4. The second-order valence-electron chi connectivity index (χ2n) is 4.14. The summed E-state index contributed by atoms with van der Waals surface area (Å²) in [6, 6.07) is 11.8. The lowest BCUT2D eigenvalue weighted by Crippen LogP contribution is -1.98. The van der Waals surface area contributed by atoms with E-state index in [4.69, 9.17) is 21.1 Å². The molecule has 0 radical (unpaired) electrons. The molecule has 0 saturated carbocycles. The Bertz CT molecular complexity index is 619. The summed E-state index contributed by atoms with van der Waals surface area (Å²) in [5, 5.41) is -0.251. The molecule has 0 aromatic heterocycles. The fraction of sp³-hybridized carbons (Fsp3) is 0.200. The maximum atomic E-state index is 6.60. The van der Waals surface area contributed by atoms with Crippen molar-refractivity contribution in [2.24, 2.45) is 0 Å². The number of ether oxygens (including phenoxy) is 2. The Morgan fingerprint density at radius 2 is 1.75 bits per heavy atom. The molecule has 0 aliphatic carbocycles. The standard InChI is InChI=1S/C15H13BrClIO2/c1-19-13-6-3-9(7-14(13)20-2)15(17)11-8-10(18)4-5-12(11)16/h3-8,15H,1-2H3. The largest absolute Gasteiger partial charge is 0.493 e. The van der Waals surface area contributed by atoms with E-state index in [-0.39, 0.29) is 5.38 Å². The molecular weight excluding hydrogens is 454 g/mol. The van der Waals surface area contributed by atoms with Crippen molar-refractivity contribution in [3.63, 3.8) is 0 Å². The SMILES string of the molecule is COc1ccc(C(Cl)c2cc(I)ccc2Br)cc1OC. The van der Waals surface area contributed by atoms with Gasteiger partial charge in [-0.25, -0.2) is 0 Å². The Labute approximate surface area is 145 Å². The number of halogens is 3. The molecule has 0 amide bonds. The molecule has 0 aliphatic heterocycles. The van der Waals surface area contributed by atoms with E-state index in [9.17, 15) is 0 Å². The third-order valence-electron chi connectivity index (χ3n) is 2.93. The van der Waals surface area contributed by atoms with Gasteiger partial charge < -0.3 is 9.47 Å². The van der Waals surface area contributed by atoms with Crippen LogP contribution in [-0.4, -0.2) is 14.2 Å². The molecule has 2 rings (SSSR count). The molecule has 1 unspecified atom stereocenters. The van der Waals surface area contributed by atoms with Gasteiger partial charge in [0.25, 0.3) is 0 Å². The van der Waals surface area contributed by atoms with Crippen LogP contribution in [0.2, 0.25) is 0 Å². The maximum Gasteiger partial charge on any atom is 0.161 e. The first-order valence-electron chi connectivity index (χ1n) is 5.87. The predicted molar refractivity (Wildman–Crippen MR) is 94.1 cm³/mol. The lowest BCUT2D eigenvalue weighted by molar-refractivity contribution is 0.354. The van der Waals surface area contributed by atoms with Gasteiger partial charge in [-0.2, -0.15) is 0 Å². The van der Waals surface area contributed by atoms with Gasteiger partial charge >= 0.3 is 0 Å². The highest BCUT2D eigenvalue weighted by Gasteiger charge is 2.16. The molecule has 5 heteroatoms. The molecule has 0 fully saturated rings. The average Bonchev–Trinajstić information content (AvgIpc) is 2.48. The average molecular weight is 468 g/mol. The van der Waals surface area contributed by atoms with Crippen molar-refractivity contribution in [2.45, 2.75) is 5.38 Å². The maximum absolute atomic E-state index is 6.60. The molecule has 1 atom stereocenters. The van der Waals surface area contributed by atoms with Gasteiger partial charge in [0.05, 0.1) is 19.6 Å². The van der Waals surface area contributed by atoms with E-state index in [0.29, 0.717) is 11.5 Å². The van der Waals surface area contributed by atoms with Gasteiger partial charge in [-0.15, -0.1) is 11.6 Å². The predicted octanol–water partition coefficient (Wildman–Crippen LogP) is 5.40. The minimum atomic E-state index is -0.251. The van der Waals surface area contributed by atoms with E-state index in [1.54, 1.807) is 14.2 Å². The van der Waals surface area contributed by atoms with Crippen LogP contribution >= 0.6 is 50.1 Å². The van der Waals surface area contributed by atoms with E-state index in [2.05, 4.69) is 44.6 Å². The number of hydrogen-bond donors (Lipinski definition) is 0. The summed E-state index contributed by atoms with van der Waals surface area (Å²) < 4.78 is 12.7. The Kier molecular flexibility index (Phi) is 5.57. The summed E-state index contributed by atoms with van der Waals surface area (Å²) in [5.74, 6) is 1.37. The highest BCUT2D eigenvalue weighted by molar-refractivity contribution is 14.1. The number of alkyl halides is 1. The molecule has 2 nitrogen and oxygen atoms in total. The van der Waals surface area contributed by atoms with Crippen molar-refractivity contribution < 1.29 is 9.47 Å². The Balaban J connectivity index is 2.42. The molecule has 0 heterocycles. The summed E-state index contributed by atoms with van der Waals surface area (Å²) >= 11 is 12.4. The fourth-order valence-corrected chi connectivity index (χ4v) is 3.34. The summed E-state index contributed by atoms with van der Waals surface area (Å²) in [7, 11) is 3.23. The van der Waals surface area contributed by atoms with Gasteiger partial charge in [0.2, 0.25) is 0 Å². The Morgan fingerprint density at radius 3 is 2.40 bits per heavy atom. The fourth-order valence-electron chi connectivity index (χ4n) is 1.90. The van der Waals surface area contributed by atoms with Crippen LogP contribution in [0.3, 0.4) is 0 Å². The first-order valence-corrected chi connectivity index (χ1v) is 8.18.